The maximum Gasteiger partial charge on any atom is 0.149 e. The molecule has 2 aromatic carbocycles. The molecular weight excluding hydrogens is 328 g/mol. The van der Waals surface area contributed by atoms with Gasteiger partial charge in [0.2, 0.25) is 0 Å². The number of phenolic OH excluding ortho intramolecular Hbond substituents is 1. The molecule has 0 heterocycles. The Balaban J connectivity index is 2.30. The van der Waals surface area contributed by atoms with Gasteiger partial charge < -0.3 is 10.4 Å². The van der Waals surface area contributed by atoms with E-state index in [0.29, 0.717) is 5.56 Å². The molecule has 0 aliphatic heterocycles. The van der Waals surface area contributed by atoms with E-state index in [0.717, 1.165) is 11.6 Å². The van der Waals surface area contributed by atoms with Gasteiger partial charge >= 0.3 is 0 Å². The molecule has 2 rings (SSSR count). The summed E-state index contributed by atoms with van der Waals surface area (Å²) < 4.78 is 27.1. The minimum Gasteiger partial charge on any atom is -0.508 e. The van der Waals surface area contributed by atoms with Crippen LogP contribution in [0.2, 0.25) is 0 Å². The standard InChI is InChI=1S/C15H14BrF2NO/c1-8-3-4-15(20)10(5-8)9(2)19-14-6-11(16)12(17)7-13(14)18/h3-7,9,19-20H,1-2H3. The van der Waals surface area contributed by atoms with Crippen molar-refractivity contribution in [1.82, 2.24) is 0 Å². The number of aromatic hydroxyl groups is 1. The molecule has 2 N–H and O–H groups in total. The predicted octanol–water partition coefficient (Wildman–Crippen LogP) is 4.91. The highest BCUT2D eigenvalue weighted by Gasteiger charge is 2.14. The second-order valence-electron chi connectivity index (χ2n) is 4.67. The highest BCUT2D eigenvalue weighted by Crippen LogP contribution is 2.30. The van der Waals surface area contributed by atoms with Gasteiger partial charge in [0.1, 0.15) is 17.4 Å². The van der Waals surface area contributed by atoms with Crippen LogP contribution in [0.3, 0.4) is 0 Å². The average Bonchev–Trinajstić information content (AvgIpc) is 2.38. The molecule has 0 aliphatic carbocycles. The van der Waals surface area contributed by atoms with Crippen LogP contribution >= 0.6 is 15.9 Å². The molecule has 20 heavy (non-hydrogen) atoms. The normalized spacial score (nSPS) is 12.2. The molecule has 0 aromatic heterocycles. The molecule has 1 unspecified atom stereocenters. The number of anilines is 1. The second-order valence-corrected chi connectivity index (χ2v) is 5.53. The molecule has 2 aromatic rings. The van der Waals surface area contributed by atoms with Crippen molar-refractivity contribution in [2.45, 2.75) is 19.9 Å². The van der Waals surface area contributed by atoms with E-state index >= 15 is 0 Å². The molecule has 0 fully saturated rings. The summed E-state index contributed by atoms with van der Waals surface area (Å²) in [6.45, 7) is 3.70. The van der Waals surface area contributed by atoms with E-state index in [4.69, 9.17) is 0 Å². The topological polar surface area (TPSA) is 32.3 Å². The summed E-state index contributed by atoms with van der Waals surface area (Å²) in [6.07, 6.45) is 0. The van der Waals surface area contributed by atoms with Crippen molar-refractivity contribution in [2.24, 2.45) is 0 Å². The zero-order chi connectivity index (χ0) is 14.9. The monoisotopic (exact) mass is 341 g/mol. The van der Waals surface area contributed by atoms with Gasteiger partial charge in [-0.3, -0.25) is 0 Å². The maximum atomic E-state index is 13.7. The Morgan fingerprint density at radius 2 is 1.85 bits per heavy atom. The van der Waals surface area contributed by atoms with E-state index in [-0.39, 0.29) is 22.0 Å². The van der Waals surface area contributed by atoms with Crippen LogP contribution in [0, 0.1) is 18.6 Å². The lowest BCUT2D eigenvalue weighted by Gasteiger charge is -2.18. The lowest BCUT2D eigenvalue weighted by Crippen LogP contribution is -2.09. The SMILES string of the molecule is Cc1ccc(O)c(C(C)Nc2cc(Br)c(F)cc2F)c1. The van der Waals surface area contributed by atoms with Crippen molar-refractivity contribution in [3.63, 3.8) is 0 Å². The number of hydrogen-bond acceptors (Lipinski definition) is 2. The lowest BCUT2D eigenvalue weighted by molar-refractivity contribution is 0.465. The van der Waals surface area contributed by atoms with Gasteiger partial charge in [0.25, 0.3) is 0 Å². The van der Waals surface area contributed by atoms with Gasteiger partial charge in [-0.25, -0.2) is 8.78 Å². The minimum absolute atomic E-state index is 0.136. The third-order valence-electron chi connectivity index (χ3n) is 3.03. The molecule has 0 saturated heterocycles. The van der Waals surface area contributed by atoms with Gasteiger partial charge in [0.05, 0.1) is 16.2 Å². The fourth-order valence-corrected chi connectivity index (χ4v) is 2.31. The predicted molar refractivity (Wildman–Crippen MR) is 78.9 cm³/mol. The molecule has 5 heteroatoms. The molecular formula is C15H14BrF2NO. The van der Waals surface area contributed by atoms with E-state index in [1.165, 1.54) is 6.07 Å². The summed E-state index contributed by atoms with van der Waals surface area (Å²) in [4.78, 5) is 0. The average molecular weight is 342 g/mol. The number of rotatable bonds is 3. The third kappa shape index (κ3) is 3.10. The highest BCUT2D eigenvalue weighted by molar-refractivity contribution is 9.10. The maximum absolute atomic E-state index is 13.7. The fourth-order valence-electron chi connectivity index (χ4n) is 1.96. The van der Waals surface area contributed by atoms with E-state index in [9.17, 15) is 13.9 Å². The smallest absolute Gasteiger partial charge is 0.149 e. The largest absolute Gasteiger partial charge is 0.508 e. The number of nitrogens with one attached hydrogen (secondary N) is 1. The van der Waals surface area contributed by atoms with Crippen molar-refractivity contribution in [3.8, 4) is 5.75 Å². The van der Waals surface area contributed by atoms with Gasteiger partial charge in [0, 0.05) is 11.6 Å². The number of phenols is 1. The number of benzene rings is 2. The minimum atomic E-state index is -0.676. The van der Waals surface area contributed by atoms with E-state index < -0.39 is 11.6 Å². The zero-order valence-corrected chi connectivity index (χ0v) is 12.6. The van der Waals surface area contributed by atoms with Crippen molar-refractivity contribution in [2.75, 3.05) is 5.32 Å². The van der Waals surface area contributed by atoms with E-state index in [2.05, 4.69) is 21.2 Å². The van der Waals surface area contributed by atoms with Gasteiger partial charge in [-0.05, 0) is 41.9 Å². The Labute approximate surface area is 124 Å². The van der Waals surface area contributed by atoms with E-state index in [1.54, 1.807) is 19.1 Å². The van der Waals surface area contributed by atoms with Crippen molar-refractivity contribution >= 4 is 21.6 Å². The first kappa shape index (κ1) is 14.8. The first-order valence-electron chi connectivity index (χ1n) is 6.09. The molecule has 0 bridgehead atoms. The fraction of sp³-hybridized carbons (Fsp3) is 0.200. The summed E-state index contributed by atoms with van der Waals surface area (Å²) in [7, 11) is 0. The third-order valence-corrected chi connectivity index (χ3v) is 3.64. The Morgan fingerprint density at radius 1 is 1.15 bits per heavy atom. The van der Waals surface area contributed by atoms with Crippen molar-refractivity contribution in [3.05, 3.63) is 57.6 Å². The summed E-state index contributed by atoms with van der Waals surface area (Å²) in [5, 5.41) is 12.8. The molecule has 0 radical (unpaired) electrons. The van der Waals surface area contributed by atoms with Crippen LogP contribution in [-0.4, -0.2) is 5.11 Å². The van der Waals surface area contributed by atoms with Crippen LogP contribution in [0.5, 0.6) is 5.75 Å². The van der Waals surface area contributed by atoms with Gasteiger partial charge in [-0.2, -0.15) is 0 Å². The molecule has 106 valence electrons. The van der Waals surface area contributed by atoms with Crippen LogP contribution in [0.1, 0.15) is 24.1 Å². The van der Waals surface area contributed by atoms with Crippen LogP contribution < -0.4 is 5.32 Å². The second kappa shape index (κ2) is 5.79. The number of halogens is 3. The molecule has 2 nitrogen and oxygen atoms in total. The molecule has 0 aliphatic rings. The quantitative estimate of drug-likeness (QED) is 0.777. The number of aryl methyl sites for hydroxylation is 1. The van der Waals surface area contributed by atoms with E-state index in [1.807, 2.05) is 13.0 Å². The van der Waals surface area contributed by atoms with Crippen LogP contribution in [0.4, 0.5) is 14.5 Å². The van der Waals surface area contributed by atoms with Crippen molar-refractivity contribution < 1.29 is 13.9 Å². The van der Waals surface area contributed by atoms with Gasteiger partial charge in [-0.1, -0.05) is 17.7 Å². The first-order valence-corrected chi connectivity index (χ1v) is 6.88. The first-order chi connectivity index (χ1) is 9.38. The lowest BCUT2D eigenvalue weighted by atomic mass is 10.0. The van der Waals surface area contributed by atoms with Crippen LogP contribution in [0.15, 0.2) is 34.8 Å². The molecule has 0 spiro atoms. The van der Waals surface area contributed by atoms with Crippen molar-refractivity contribution in [1.29, 1.82) is 0 Å². The summed E-state index contributed by atoms with van der Waals surface area (Å²) in [6, 6.07) is 7.05. The Hall–Kier alpha value is -1.62. The highest BCUT2D eigenvalue weighted by atomic mass is 79.9. The van der Waals surface area contributed by atoms with Gasteiger partial charge in [-0.15, -0.1) is 0 Å². The zero-order valence-electron chi connectivity index (χ0n) is 11.0. The summed E-state index contributed by atoms with van der Waals surface area (Å²) in [5.74, 6) is -1.19. The molecule has 0 saturated carbocycles. The Kier molecular flexibility index (Phi) is 4.28. The van der Waals surface area contributed by atoms with Gasteiger partial charge in [0.15, 0.2) is 0 Å². The summed E-state index contributed by atoms with van der Waals surface area (Å²) >= 11 is 3.02. The number of hydrogen-bond donors (Lipinski definition) is 2. The molecule has 0 amide bonds. The Morgan fingerprint density at radius 3 is 2.55 bits per heavy atom. The summed E-state index contributed by atoms with van der Waals surface area (Å²) in [5.41, 5.74) is 1.82. The molecule has 1 atom stereocenters. The van der Waals surface area contributed by atoms with Crippen LogP contribution in [0.25, 0.3) is 0 Å². The Bertz CT molecular complexity index is 646. The van der Waals surface area contributed by atoms with Crippen LogP contribution in [-0.2, 0) is 0 Å².